The lowest BCUT2D eigenvalue weighted by Gasteiger charge is -2.31. The number of aromatic nitrogens is 1. The lowest BCUT2D eigenvalue weighted by Crippen LogP contribution is -2.35. The summed E-state index contributed by atoms with van der Waals surface area (Å²) in [5, 5.41) is 19.3. The molecule has 0 spiro atoms. The molecule has 4 aromatic rings. The fourth-order valence-corrected chi connectivity index (χ4v) is 4.74. The Kier molecular flexibility index (Phi) is 8.02. The van der Waals surface area contributed by atoms with Gasteiger partial charge in [0.25, 0.3) is 5.91 Å². The predicted molar refractivity (Wildman–Crippen MR) is 158 cm³/mol. The molecular weight excluding hydrogens is 506 g/mol. The molecule has 5 rings (SSSR count). The number of carbonyl (C=O) groups is 2. The lowest BCUT2D eigenvalue weighted by atomic mass is 10.1. The van der Waals surface area contributed by atoms with Gasteiger partial charge in [-0.2, -0.15) is 0 Å². The largest absolute Gasteiger partial charge is 0.465 e. The second kappa shape index (κ2) is 12.0. The van der Waals surface area contributed by atoms with Crippen molar-refractivity contribution in [1.29, 1.82) is 0 Å². The van der Waals surface area contributed by atoms with Crippen molar-refractivity contribution in [2.75, 3.05) is 41.0 Å². The van der Waals surface area contributed by atoms with Crippen LogP contribution in [-0.2, 0) is 11.8 Å². The molecule has 40 heavy (non-hydrogen) atoms. The van der Waals surface area contributed by atoms with Gasteiger partial charge in [0.2, 0.25) is 0 Å². The molecule has 4 N–H and O–H groups in total. The third kappa shape index (κ3) is 6.27. The zero-order valence-electron chi connectivity index (χ0n) is 22.6. The quantitative estimate of drug-likeness (QED) is 0.219. The highest BCUT2D eigenvalue weighted by atomic mass is 16.5. The Morgan fingerprint density at radius 1 is 0.850 bits per heavy atom. The van der Waals surface area contributed by atoms with Gasteiger partial charge in [-0.3, -0.25) is 4.79 Å². The van der Waals surface area contributed by atoms with E-state index in [0.717, 1.165) is 48.7 Å². The van der Waals surface area contributed by atoms with E-state index in [2.05, 4.69) is 33.0 Å². The molecule has 9 heteroatoms. The van der Waals surface area contributed by atoms with Crippen LogP contribution in [0.2, 0.25) is 0 Å². The number of amides is 1. The number of methoxy groups -OCH3 is 1. The summed E-state index contributed by atoms with van der Waals surface area (Å²) in [6, 6.07) is 24.4. The first-order valence-corrected chi connectivity index (χ1v) is 13.2. The second-order valence-corrected chi connectivity index (χ2v) is 9.80. The van der Waals surface area contributed by atoms with Gasteiger partial charge in [-0.1, -0.05) is 0 Å². The third-order valence-electron chi connectivity index (χ3n) is 7.01. The van der Waals surface area contributed by atoms with E-state index in [1.165, 1.54) is 7.11 Å². The monoisotopic (exact) mass is 539 g/mol. The van der Waals surface area contributed by atoms with E-state index in [-0.39, 0.29) is 12.0 Å². The molecule has 0 saturated carbocycles. The average molecular weight is 540 g/mol. The number of piperidine rings is 1. The number of rotatable bonds is 8. The van der Waals surface area contributed by atoms with Crippen molar-refractivity contribution >= 4 is 46.0 Å². The summed E-state index contributed by atoms with van der Waals surface area (Å²) in [6.45, 7) is 1.69. The molecule has 206 valence electrons. The van der Waals surface area contributed by atoms with Crippen molar-refractivity contribution in [1.82, 2.24) is 4.57 Å². The number of aliphatic hydroxyl groups is 1. The highest BCUT2D eigenvalue weighted by molar-refractivity contribution is 6.03. The third-order valence-corrected chi connectivity index (χ3v) is 7.01. The molecule has 1 aliphatic rings. The van der Waals surface area contributed by atoms with Crippen LogP contribution < -0.4 is 20.9 Å². The normalized spacial score (nSPS) is 13.5. The number of anilines is 6. The number of hydrogen-bond donors (Lipinski definition) is 4. The first-order valence-electron chi connectivity index (χ1n) is 13.2. The average Bonchev–Trinajstić information content (AvgIpc) is 3.41. The molecule has 3 aromatic carbocycles. The number of hydrogen-bond acceptors (Lipinski definition) is 7. The van der Waals surface area contributed by atoms with Gasteiger partial charge in [0.05, 0.1) is 24.5 Å². The Labute approximate surface area is 233 Å². The first kappa shape index (κ1) is 26.8. The Balaban J connectivity index is 1.26. The number of ether oxygens (including phenoxy) is 1. The van der Waals surface area contributed by atoms with Gasteiger partial charge in [0.1, 0.15) is 5.69 Å². The maximum absolute atomic E-state index is 12.6. The zero-order chi connectivity index (χ0) is 28.1. The maximum Gasteiger partial charge on any atom is 0.340 e. The van der Waals surface area contributed by atoms with Crippen LogP contribution in [0.15, 0.2) is 85.1 Å². The van der Waals surface area contributed by atoms with Crippen LogP contribution in [0.1, 0.15) is 33.7 Å². The number of nitrogens with zero attached hydrogens (tertiary/aromatic N) is 2. The predicted octanol–water partition coefficient (Wildman–Crippen LogP) is 5.51. The molecule has 0 bridgehead atoms. The van der Waals surface area contributed by atoms with Crippen molar-refractivity contribution in [2.24, 2.45) is 7.05 Å². The Hall–Kier alpha value is -4.76. The Morgan fingerprint density at radius 3 is 2.12 bits per heavy atom. The van der Waals surface area contributed by atoms with Crippen LogP contribution in [0.5, 0.6) is 0 Å². The molecule has 1 aromatic heterocycles. The number of aliphatic hydroxyl groups excluding tert-OH is 1. The standard InChI is InChI=1S/C31H33N5O4/c1-35-17-3-4-29(35)30(38)34-23-7-5-22(6-8-23)33-28-14-11-24(20-27(28)31(39)40-2)32-21-9-12-25(13-10-21)36-18-15-26(37)16-19-36/h3-14,17,20,26,32-33,37H,15-16,18-19H2,1-2H3,(H,34,38). The Bertz CT molecular complexity index is 1470. The van der Waals surface area contributed by atoms with Gasteiger partial charge in [-0.25, -0.2) is 4.79 Å². The zero-order valence-corrected chi connectivity index (χ0v) is 22.6. The fraction of sp³-hybridized carbons (Fsp3) is 0.226. The molecule has 2 heterocycles. The number of esters is 1. The highest BCUT2D eigenvalue weighted by Gasteiger charge is 2.17. The molecule has 0 unspecified atom stereocenters. The molecule has 0 radical (unpaired) electrons. The summed E-state index contributed by atoms with van der Waals surface area (Å²) in [6.07, 6.45) is 3.18. The van der Waals surface area contributed by atoms with Crippen LogP contribution in [0.3, 0.4) is 0 Å². The van der Waals surface area contributed by atoms with Gasteiger partial charge in [-0.05, 0) is 91.7 Å². The van der Waals surface area contributed by atoms with E-state index in [0.29, 0.717) is 22.6 Å². The van der Waals surface area contributed by atoms with Crippen molar-refractivity contribution in [3.8, 4) is 0 Å². The molecular formula is C31H33N5O4. The van der Waals surface area contributed by atoms with E-state index < -0.39 is 5.97 Å². The summed E-state index contributed by atoms with van der Waals surface area (Å²) in [4.78, 5) is 27.4. The SMILES string of the molecule is COC(=O)c1cc(Nc2ccc(N3CCC(O)CC3)cc2)ccc1Nc1ccc(NC(=O)c2cccn2C)cc1. The van der Waals surface area contributed by atoms with Gasteiger partial charge in [0.15, 0.2) is 0 Å². The minimum absolute atomic E-state index is 0.190. The van der Waals surface area contributed by atoms with Crippen molar-refractivity contribution in [3.63, 3.8) is 0 Å². The van der Waals surface area contributed by atoms with Crippen LogP contribution >= 0.6 is 0 Å². The smallest absolute Gasteiger partial charge is 0.340 e. The van der Waals surface area contributed by atoms with E-state index in [1.807, 2.05) is 55.7 Å². The minimum atomic E-state index is -0.458. The number of carbonyl (C=O) groups excluding carboxylic acids is 2. The van der Waals surface area contributed by atoms with E-state index >= 15 is 0 Å². The highest BCUT2D eigenvalue weighted by Crippen LogP contribution is 2.29. The Morgan fingerprint density at radius 2 is 1.48 bits per heavy atom. The summed E-state index contributed by atoms with van der Waals surface area (Å²) in [5.41, 5.74) is 5.73. The van der Waals surface area contributed by atoms with E-state index in [4.69, 9.17) is 4.74 Å². The van der Waals surface area contributed by atoms with Gasteiger partial charge < -0.3 is 35.3 Å². The first-order chi connectivity index (χ1) is 19.4. The summed E-state index contributed by atoms with van der Waals surface area (Å²) >= 11 is 0. The van der Waals surface area contributed by atoms with Crippen LogP contribution in [-0.4, -0.2) is 47.9 Å². The van der Waals surface area contributed by atoms with Crippen molar-refractivity contribution in [2.45, 2.75) is 18.9 Å². The summed E-state index contributed by atoms with van der Waals surface area (Å²) in [5.74, 6) is -0.648. The number of aryl methyl sites for hydroxylation is 1. The maximum atomic E-state index is 12.6. The van der Waals surface area contributed by atoms with Crippen LogP contribution in [0.25, 0.3) is 0 Å². The molecule has 0 atom stereocenters. The second-order valence-electron chi connectivity index (χ2n) is 9.80. The molecule has 0 aliphatic carbocycles. The topological polar surface area (TPSA) is 108 Å². The molecule has 1 saturated heterocycles. The van der Waals surface area contributed by atoms with Crippen molar-refractivity contribution < 1.29 is 19.4 Å². The van der Waals surface area contributed by atoms with Gasteiger partial charge >= 0.3 is 5.97 Å². The summed E-state index contributed by atoms with van der Waals surface area (Å²) in [7, 11) is 3.18. The van der Waals surface area contributed by atoms with Crippen molar-refractivity contribution in [3.05, 3.63) is 96.3 Å². The van der Waals surface area contributed by atoms with Gasteiger partial charge in [-0.15, -0.1) is 0 Å². The number of benzene rings is 3. The number of nitrogens with one attached hydrogen (secondary N) is 3. The molecule has 9 nitrogen and oxygen atoms in total. The molecule has 1 aliphatic heterocycles. The fourth-order valence-electron chi connectivity index (χ4n) is 4.74. The summed E-state index contributed by atoms with van der Waals surface area (Å²) < 4.78 is 6.80. The van der Waals surface area contributed by atoms with E-state index in [1.54, 1.807) is 28.8 Å². The van der Waals surface area contributed by atoms with Gasteiger partial charge in [0, 0.05) is 54.8 Å². The minimum Gasteiger partial charge on any atom is -0.465 e. The van der Waals surface area contributed by atoms with E-state index in [9.17, 15) is 14.7 Å². The van der Waals surface area contributed by atoms with Crippen LogP contribution in [0, 0.1) is 0 Å². The molecule has 1 fully saturated rings. The lowest BCUT2D eigenvalue weighted by molar-refractivity contribution is 0.0601. The molecule has 1 amide bonds. The van der Waals surface area contributed by atoms with Crippen LogP contribution in [0.4, 0.5) is 34.1 Å².